The minimum atomic E-state index is 0.333. The molecule has 2 heterocycles. The topological polar surface area (TPSA) is 68.8 Å². The van der Waals surface area contributed by atoms with Crippen LogP contribution in [-0.2, 0) is 13.5 Å². The van der Waals surface area contributed by atoms with Gasteiger partial charge in [0.2, 0.25) is 11.7 Å². The second kappa shape index (κ2) is 5.09. The van der Waals surface area contributed by atoms with Crippen molar-refractivity contribution in [1.82, 2.24) is 25.0 Å². The lowest BCUT2D eigenvalue weighted by Crippen LogP contribution is -2.27. The van der Waals surface area contributed by atoms with Gasteiger partial charge in [-0.1, -0.05) is 12.1 Å². The Bertz CT molecular complexity index is 476. The third-order valence-corrected chi connectivity index (χ3v) is 2.55. The van der Waals surface area contributed by atoms with E-state index in [-0.39, 0.29) is 0 Å². The van der Waals surface area contributed by atoms with Gasteiger partial charge in [-0.2, -0.15) is 4.98 Å². The first-order chi connectivity index (χ1) is 8.20. The molecule has 0 radical (unpaired) electrons. The summed E-state index contributed by atoms with van der Waals surface area (Å²) in [4.78, 5) is 8.38. The van der Waals surface area contributed by atoms with Crippen LogP contribution in [0.25, 0.3) is 11.5 Å². The highest BCUT2D eigenvalue weighted by atomic mass is 16.5. The predicted molar refractivity (Wildman–Crippen MR) is 63.3 cm³/mol. The van der Waals surface area contributed by atoms with Crippen molar-refractivity contribution in [3.8, 4) is 11.5 Å². The Morgan fingerprint density at radius 2 is 2.35 bits per heavy atom. The molecule has 0 fully saturated rings. The standard InChI is InChI=1S/C11H17N5O/c1-4-13-8(2)5-10-14-11(15-17-10)9-6-12-7-16(9)3/h6-8,13H,4-5H2,1-3H3. The minimum Gasteiger partial charge on any atom is -0.339 e. The van der Waals surface area contributed by atoms with E-state index >= 15 is 0 Å². The monoisotopic (exact) mass is 235 g/mol. The maximum absolute atomic E-state index is 5.22. The molecule has 2 aromatic rings. The summed E-state index contributed by atoms with van der Waals surface area (Å²) in [5.74, 6) is 1.23. The molecule has 1 N–H and O–H groups in total. The van der Waals surface area contributed by atoms with Gasteiger partial charge in [0.25, 0.3) is 0 Å². The molecule has 0 saturated heterocycles. The smallest absolute Gasteiger partial charge is 0.228 e. The van der Waals surface area contributed by atoms with Crippen molar-refractivity contribution in [2.75, 3.05) is 6.54 Å². The van der Waals surface area contributed by atoms with Crippen LogP contribution in [0.2, 0.25) is 0 Å². The van der Waals surface area contributed by atoms with Crippen molar-refractivity contribution in [2.45, 2.75) is 26.3 Å². The van der Waals surface area contributed by atoms with Gasteiger partial charge in [-0.15, -0.1) is 0 Å². The lowest BCUT2D eigenvalue weighted by atomic mass is 10.2. The summed E-state index contributed by atoms with van der Waals surface area (Å²) in [7, 11) is 1.90. The second-order valence-electron chi connectivity index (χ2n) is 4.06. The fourth-order valence-electron chi connectivity index (χ4n) is 1.70. The van der Waals surface area contributed by atoms with E-state index in [0.717, 1.165) is 18.7 Å². The zero-order valence-electron chi connectivity index (χ0n) is 10.3. The van der Waals surface area contributed by atoms with E-state index in [0.29, 0.717) is 17.8 Å². The van der Waals surface area contributed by atoms with Crippen LogP contribution in [0.1, 0.15) is 19.7 Å². The Hall–Kier alpha value is -1.69. The summed E-state index contributed by atoms with van der Waals surface area (Å²) < 4.78 is 7.08. The summed E-state index contributed by atoms with van der Waals surface area (Å²) in [6, 6.07) is 0.333. The highest BCUT2D eigenvalue weighted by Gasteiger charge is 2.13. The Morgan fingerprint density at radius 3 is 3.00 bits per heavy atom. The van der Waals surface area contributed by atoms with Crippen molar-refractivity contribution in [3.63, 3.8) is 0 Å². The molecule has 0 aliphatic rings. The Morgan fingerprint density at radius 1 is 1.53 bits per heavy atom. The number of nitrogens with zero attached hydrogens (tertiary/aromatic N) is 4. The van der Waals surface area contributed by atoms with Gasteiger partial charge in [-0.25, -0.2) is 4.98 Å². The average Bonchev–Trinajstić information content (AvgIpc) is 2.87. The summed E-state index contributed by atoms with van der Waals surface area (Å²) in [6.45, 7) is 5.10. The van der Waals surface area contributed by atoms with Crippen LogP contribution in [0.4, 0.5) is 0 Å². The molecule has 0 aliphatic carbocycles. The quantitative estimate of drug-likeness (QED) is 0.837. The van der Waals surface area contributed by atoms with E-state index in [1.54, 1.807) is 12.5 Å². The average molecular weight is 235 g/mol. The highest BCUT2D eigenvalue weighted by molar-refractivity contribution is 5.46. The van der Waals surface area contributed by atoms with Crippen molar-refractivity contribution < 1.29 is 4.52 Å². The summed E-state index contributed by atoms with van der Waals surface area (Å²) in [6.07, 6.45) is 4.17. The van der Waals surface area contributed by atoms with Crippen LogP contribution in [-0.4, -0.2) is 32.3 Å². The van der Waals surface area contributed by atoms with E-state index in [1.807, 2.05) is 11.6 Å². The molecule has 0 amide bonds. The van der Waals surface area contributed by atoms with Crippen LogP contribution in [0.15, 0.2) is 17.0 Å². The predicted octanol–water partition coefficient (Wildman–Crippen LogP) is 1.01. The normalized spacial score (nSPS) is 12.9. The molecule has 1 unspecified atom stereocenters. The zero-order valence-corrected chi connectivity index (χ0v) is 10.3. The molecule has 0 saturated carbocycles. The number of aryl methyl sites for hydroxylation is 1. The number of likely N-dealkylation sites (N-methyl/N-ethyl adjacent to an activating group) is 1. The van der Waals surface area contributed by atoms with Gasteiger partial charge in [0.15, 0.2) is 0 Å². The van der Waals surface area contributed by atoms with Crippen LogP contribution in [0, 0.1) is 0 Å². The lowest BCUT2D eigenvalue weighted by molar-refractivity contribution is 0.363. The SMILES string of the molecule is CCNC(C)Cc1nc(-c2cncn2C)no1. The van der Waals surface area contributed by atoms with Crippen molar-refractivity contribution in [1.29, 1.82) is 0 Å². The van der Waals surface area contributed by atoms with E-state index in [1.165, 1.54) is 0 Å². The molecule has 0 bridgehead atoms. The fourth-order valence-corrected chi connectivity index (χ4v) is 1.70. The van der Waals surface area contributed by atoms with Crippen molar-refractivity contribution >= 4 is 0 Å². The van der Waals surface area contributed by atoms with Crippen molar-refractivity contribution in [2.24, 2.45) is 7.05 Å². The highest BCUT2D eigenvalue weighted by Crippen LogP contribution is 2.14. The first-order valence-corrected chi connectivity index (χ1v) is 5.73. The molecule has 0 spiro atoms. The molecule has 2 aromatic heterocycles. The molecule has 2 rings (SSSR count). The number of hydrogen-bond acceptors (Lipinski definition) is 5. The van der Waals surface area contributed by atoms with E-state index in [9.17, 15) is 0 Å². The van der Waals surface area contributed by atoms with E-state index in [4.69, 9.17) is 4.52 Å². The van der Waals surface area contributed by atoms with E-state index in [2.05, 4.69) is 34.3 Å². The van der Waals surface area contributed by atoms with Gasteiger partial charge in [0.05, 0.1) is 12.5 Å². The Labute approximate surface area is 100 Å². The largest absolute Gasteiger partial charge is 0.339 e. The van der Waals surface area contributed by atoms with Gasteiger partial charge in [0, 0.05) is 19.5 Å². The first-order valence-electron chi connectivity index (χ1n) is 5.73. The number of aromatic nitrogens is 4. The molecular formula is C11H17N5O. The maximum Gasteiger partial charge on any atom is 0.228 e. The summed E-state index contributed by atoms with van der Waals surface area (Å²) in [5.41, 5.74) is 0.858. The molecule has 1 atom stereocenters. The lowest BCUT2D eigenvalue weighted by Gasteiger charge is -2.07. The maximum atomic E-state index is 5.22. The molecule has 0 aromatic carbocycles. The molecule has 0 aliphatic heterocycles. The minimum absolute atomic E-state index is 0.333. The molecule has 6 heteroatoms. The second-order valence-corrected chi connectivity index (χ2v) is 4.06. The van der Waals surface area contributed by atoms with Gasteiger partial charge < -0.3 is 14.4 Å². The van der Waals surface area contributed by atoms with Crippen LogP contribution in [0.3, 0.4) is 0 Å². The molecule has 92 valence electrons. The van der Waals surface area contributed by atoms with Crippen molar-refractivity contribution in [3.05, 3.63) is 18.4 Å². The van der Waals surface area contributed by atoms with Gasteiger partial charge in [0.1, 0.15) is 5.69 Å². The number of nitrogens with one attached hydrogen (secondary N) is 1. The van der Waals surface area contributed by atoms with Gasteiger partial charge in [-0.3, -0.25) is 0 Å². The summed E-state index contributed by atoms with van der Waals surface area (Å²) in [5, 5.41) is 7.26. The van der Waals surface area contributed by atoms with Crippen LogP contribution in [0.5, 0.6) is 0 Å². The molecule has 6 nitrogen and oxygen atoms in total. The van der Waals surface area contributed by atoms with Crippen LogP contribution >= 0.6 is 0 Å². The van der Waals surface area contributed by atoms with Gasteiger partial charge in [-0.05, 0) is 13.5 Å². The summed E-state index contributed by atoms with van der Waals surface area (Å²) >= 11 is 0. The number of hydrogen-bond donors (Lipinski definition) is 1. The first kappa shape index (κ1) is 11.8. The fraction of sp³-hybridized carbons (Fsp3) is 0.545. The Balaban J connectivity index is 2.09. The van der Waals surface area contributed by atoms with Gasteiger partial charge >= 0.3 is 0 Å². The third-order valence-electron chi connectivity index (χ3n) is 2.55. The Kier molecular flexibility index (Phi) is 3.53. The zero-order chi connectivity index (χ0) is 12.3. The van der Waals surface area contributed by atoms with Crippen LogP contribution < -0.4 is 5.32 Å². The molecular weight excluding hydrogens is 218 g/mol. The van der Waals surface area contributed by atoms with E-state index < -0.39 is 0 Å². The molecule has 17 heavy (non-hydrogen) atoms. The third kappa shape index (κ3) is 2.71. The number of rotatable bonds is 5. The number of imidazole rings is 1.